The van der Waals surface area contributed by atoms with Gasteiger partial charge in [0.15, 0.2) is 0 Å². The molecule has 0 atom stereocenters. The summed E-state index contributed by atoms with van der Waals surface area (Å²) in [6.07, 6.45) is 4.67. The fourth-order valence-corrected chi connectivity index (χ4v) is 2.16. The highest BCUT2D eigenvalue weighted by Gasteiger charge is 2.31. The van der Waals surface area contributed by atoms with Crippen molar-refractivity contribution in [1.82, 2.24) is 0 Å². The molecule has 1 fully saturated rings. The molecule has 2 nitrogen and oxygen atoms in total. The van der Waals surface area contributed by atoms with Crippen LogP contribution in [-0.4, -0.2) is 18.9 Å². The Hall–Kier alpha value is -1.31. The summed E-state index contributed by atoms with van der Waals surface area (Å²) in [4.78, 5) is 6.85. The molecular weight excluding hydrogens is 172 g/mol. The summed E-state index contributed by atoms with van der Waals surface area (Å²) in [7, 11) is 0. The number of rotatable bonds is 1. The first-order valence-electron chi connectivity index (χ1n) is 5.22. The van der Waals surface area contributed by atoms with E-state index in [-0.39, 0.29) is 0 Å². The maximum atomic E-state index is 4.40. The first-order chi connectivity index (χ1) is 6.86. The Bertz CT molecular complexity index is 391. The number of aliphatic imine (C=N–C) groups is 1. The SMILES string of the molecule is Cc1cccc2c1N(C1CC1)CN=C2. The Morgan fingerprint density at radius 1 is 1.36 bits per heavy atom. The second kappa shape index (κ2) is 2.84. The number of nitrogens with zero attached hydrogens (tertiary/aromatic N) is 2. The minimum Gasteiger partial charge on any atom is -0.348 e. The summed E-state index contributed by atoms with van der Waals surface area (Å²) in [6, 6.07) is 7.21. The minimum absolute atomic E-state index is 0.757. The third-order valence-corrected chi connectivity index (χ3v) is 3.01. The molecule has 0 bridgehead atoms. The zero-order chi connectivity index (χ0) is 9.54. The van der Waals surface area contributed by atoms with E-state index in [1.165, 1.54) is 29.7 Å². The Morgan fingerprint density at radius 2 is 2.21 bits per heavy atom. The zero-order valence-electron chi connectivity index (χ0n) is 8.40. The fourth-order valence-electron chi connectivity index (χ4n) is 2.16. The quantitative estimate of drug-likeness (QED) is 0.657. The van der Waals surface area contributed by atoms with Crippen molar-refractivity contribution >= 4 is 11.9 Å². The van der Waals surface area contributed by atoms with Crippen LogP contribution >= 0.6 is 0 Å². The third-order valence-electron chi connectivity index (χ3n) is 3.01. The molecule has 0 unspecified atom stereocenters. The molecule has 72 valence electrons. The highest BCUT2D eigenvalue weighted by molar-refractivity contribution is 5.91. The van der Waals surface area contributed by atoms with Crippen molar-refractivity contribution in [3.8, 4) is 0 Å². The van der Waals surface area contributed by atoms with E-state index in [2.05, 4.69) is 35.0 Å². The van der Waals surface area contributed by atoms with Crippen LogP contribution in [0.4, 0.5) is 5.69 Å². The van der Waals surface area contributed by atoms with Gasteiger partial charge >= 0.3 is 0 Å². The van der Waals surface area contributed by atoms with E-state index < -0.39 is 0 Å². The average molecular weight is 186 g/mol. The van der Waals surface area contributed by atoms with Gasteiger partial charge in [0.05, 0.1) is 5.69 Å². The minimum atomic E-state index is 0.757. The summed E-state index contributed by atoms with van der Waals surface area (Å²) in [5.41, 5.74) is 4.06. The molecule has 0 aromatic heterocycles. The summed E-state index contributed by atoms with van der Waals surface area (Å²) < 4.78 is 0. The standard InChI is InChI=1S/C12H14N2/c1-9-3-2-4-10-7-13-8-14(12(9)10)11-5-6-11/h2-4,7,11H,5-6,8H2,1H3. The number of fused-ring (bicyclic) bond motifs is 1. The molecule has 1 aliphatic heterocycles. The van der Waals surface area contributed by atoms with Crippen LogP contribution < -0.4 is 4.90 Å². The average Bonchev–Trinajstić information content (AvgIpc) is 3.01. The van der Waals surface area contributed by atoms with E-state index in [1.54, 1.807) is 0 Å². The monoisotopic (exact) mass is 186 g/mol. The normalized spacial score (nSPS) is 19.6. The predicted octanol–water partition coefficient (Wildman–Crippen LogP) is 2.35. The van der Waals surface area contributed by atoms with Gasteiger partial charge in [0.1, 0.15) is 6.67 Å². The Kier molecular flexibility index (Phi) is 1.63. The zero-order valence-corrected chi connectivity index (χ0v) is 8.40. The van der Waals surface area contributed by atoms with E-state index >= 15 is 0 Å². The van der Waals surface area contributed by atoms with Gasteiger partial charge < -0.3 is 4.90 Å². The van der Waals surface area contributed by atoms with Crippen LogP contribution in [0.25, 0.3) is 0 Å². The lowest BCUT2D eigenvalue weighted by Gasteiger charge is -2.29. The van der Waals surface area contributed by atoms with Crippen molar-refractivity contribution in [2.24, 2.45) is 4.99 Å². The molecule has 1 saturated carbocycles. The van der Waals surface area contributed by atoms with Crippen molar-refractivity contribution in [2.75, 3.05) is 11.6 Å². The third kappa shape index (κ3) is 1.14. The number of anilines is 1. The van der Waals surface area contributed by atoms with E-state index in [1.807, 2.05) is 6.21 Å². The van der Waals surface area contributed by atoms with Crippen LogP contribution in [0.2, 0.25) is 0 Å². The molecule has 3 rings (SSSR count). The van der Waals surface area contributed by atoms with Gasteiger partial charge in [0.2, 0.25) is 0 Å². The van der Waals surface area contributed by atoms with E-state index in [0.717, 1.165) is 12.7 Å². The summed E-state index contributed by atoms with van der Waals surface area (Å²) in [6.45, 7) is 3.04. The second-order valence-corrected chi connectivity index (χ2v) is 4.17. The van der Waals surface area contributed by atoms with Gasteiger partial charge in [0, 0.05) is 17.8 Å². The van der Waals surface area contributed by atoms with Crippen molar-refractivity contribution in [2.45, 2.75) is 25.8 Å². The summed E-state index contributed by atoms with van der Waals surface area (Å²) >= 11 is 0. The van der Waals surface area contributed by atoms with Crippen molar-refractivity contribution in [3.63, 3.8) is 0 Å². The Balaban J connectivity index is 2.12. The molecule has 0 amide bonds. The molecule has 2 aliphatic rings. The van der Waals surface area contributed by atoms with Gasteiger partial charge in [-0.15, -0.1) is 0 Å². The number of hydrogen-bond acceptors (Lipinski definition) is 2. The highest BCUT2D eigenvalue weighted by atomic mass is 15.3. The number of hydrogen-bond donors (Lipinski definition) is 0. The maximum absolute atomic E-state index is 4.40. The van der Waals surface area contributed by atoms with E-state index in [9.17, 15) is 0 Å². The van der Waals surface area contributed by atoms with Crippen molar-refractivity contribution in [1.29, 1.82) is 0 Å². The highest BCUT2D eigenvalue weighted by Crippen LogP contribution is 2.36. The van der Waals surface area contributed by atoms with Crippen LogP contribution in [0.1, 0.15) is 24.0 Å². The predicted molar refractivity (Wildman–Crippen MR) is 59.1 cm³/mol. The molecular formula is C12H14N2. The number of para-hydroxylation sites is 1. The number of aryl methyl sites for hydroxylation is 1. The van der Waals surface area contributed by atoms with Gasteiger partial charge in [-0.2, -0.15) is 0 Å². The number of benzene rings is 1. The fraction of sp³-hybridized carbons (Fsp3) is 0.417. The topological polar surface area (TPSA) is 15.6 Å². The van der Waals surface area contributed by atoms with E-state index in [4.69, 9.17) is 0 Å². The lowest BCUT2D eigenvalue weighted by Crippen LogP contribution is -2.30. The molecule has 1 heterocycles. The molecule has 0 saturated heterocycles. The van der Waals surface area contributed by atoms with Crippen molar-refractivity contribution < 1.29 is 0 Å². The lowest BCUT2D eigenvalue weighted by molar-refractivity contribution is 0.797. The molecule has 0 radical (unpaired) electrons. The van der Waals surface area contributed by atoms with Crippen LogP contribution in [0, 0.1) is 6.92 Å². The summed E-state index contributed by atoms with van der Waals surface area (Å²) in [5.74, 6) is 0. The smallest absolute Gasteiger partial charge is 0.110 e. The van der Waals surface area contributed by atoms with Gasteiger partial charge in [-0.05, 0) is 25.3 Å². The molecule has 14 heavy (non-hydrogen) atoms. The Labute approximate surface area is 84.3 Å². The Morgan fingerprint density at radius 3 is 3.00 bits per heavy atom. The van der Waals surface area contributed by atoms with Gasteiger partial charge in [-0.25, -0.2) is 0 Å². The van der Waals surface area contributed by atoms with Crippen LogP contribution in [0.15, 0.2) is 23.2 Å². The van der Waals surface area contributed by atoms with Crippen molar-refractivity contribution in [3.05, 3.63) is 29.3 Å². The molecule has 0 N–H and O–H groups in total. The van der Waals surface area contributed by atoms with Gasteiger partial charge in [-0.3, -0.25) is 4.99 Å². The van der Waals surface area contributed by atoms with Crippen LogP contribution in [0.3, 0.4) is 0 Å². The molecule has 1 aromatic rings. The maximum Gasteiger partial charge on any atom is 0.110 e. The van der Waals surface area contributed by atoms with Gasteiger partial charge in [-0.1, -0.05) is 18.2 Å². The second-order valence-electron chi connectivity index (χ2n) is 4.17. The molecule has 0 spiro atoms. The molecule has 1 aliphatic carbocycles. The van der Waals surface area contributed by atoms with E-state index in [0.29, 0.717) is 0 Å². The van der Waals surface area contributed by atoms with Crippen LogP contribution in [0.5, 0.6) is 0 Å². The molecule has 2 heteroatoms. The lowest BCUT2D eigenvalue weighted by atomic mass is 10.1. The largest absolute Gasteiger partial charge is 0.348 e. The first kappa shape index (κ1) is 8.04. The molecule has 1 aromatic carbocycles. The van der Waals surface area contributed by atoms with Gasteiger partial charge in [0.25, 0.3) is 0 Å². The summed E-state index contributed by atoms with van der Waals surface area (Å²) in [5, 5.41) is 0. The van der Waals surface area contributed by atoms with Crippen LogP contribution in [-0.2, 0) is 0 Å². The first-order valence-corrected chi connectivity index (χ1v) is 5.22.